The molecule has 0 saturated carbocycles. The normalized spacial score (nSPS) is 12.2. The third kappa shape index (κ3) is 3.28. The molecule has 2 N–H and O–H groups in total. The molecule has 2 aromatic carbocycles. The van der Waals surface area contributed by atoms with Crippen molar-refractivity contribution in [2.24, 2.45) is 5.73 Å². The monoisotopic (exact) mass is 277 g/mol. The maximum Gasteiger partial charge on any atom is 0.135 e. The van der Waals surface area contributed by atoms with E-state index in [4.69, 9.17) is 10.5 Å². The van der Waals surface area contributed by atoms with E-state index in [0.29, 0.717) is 17.1 Å². The molecule has 0 saturated heterocycles. The van der Waals surface area contributed by atoms with Gasteiger partial charge in [-0.05, 0) is 49.6 Å². The zero-order chi connectivity index (χ0) is 13.8. The standard InChI is InChI=1S/C15H16FNOS/c1-10(17)15-13(16)4-3-5-14(15)18-11-6-8-12(19-2)9-7-11/h3-10H,17H2,1-2H3/t10-/m0/s1. The van der Waals surface area contributed by atoms with E-state index >= 15 is 0 Å². The van der Waals surface area contributed by atoms with Crippen LogP contribution in [0.25, 0.3) is 0 Å². The quantitative estimate of drug-likeness (QED) is 0.843. The van der Waals surface area contributed by atoms with Crippen molar-refractivity contribution in [3.63, 3.8) is 0 Å². The SMILES string of the molecule is CSc1ccc(Oc2cccc(F)c2[C@H](C)N)cc1. The Kier molecular flexibility index (Phi) is 4.45. The van der Waals surface area contributed by atoms with Gasteiger partial charge in [0.25, 0.3) is 0 Å². The summed E-state index contributed by atoms with van der Waals surface area (Å²) in [4.78, 5) is 1.15. The topological polar surface area (TPSA) is 35.2 Å². The van der Waals surface area contributed by atoms with Crippen molar-refractivity contribution in [2.45, 2.75) is 17.9 Å². The fourth-order valence-electron chi connectivity index (χ4n) is 1.82. The van der Waals surface area contributed by atoms with Crippen LogP contribution in [0, 0.1) is 5.82 Å². The fraction of sp³-hybridized carbons (Fsp3) is 0.200. The van der Waals surface area contributed by atoms with E-state index in [2.05, 4.69) is 0 Å². The third-order valence-electron chi connectivity index (χ3n) is 2.76. The van der Waals surface area contributed by atoms with Gasteiger partial charge in [-0.15, -0.1) is 11.8 Å². The van der Waals surface area contributed by atoms with Crippen LogP contribution in [-0.2, 0) is 0 Å². The van der Waals surface area contributed by atoms with Crippen LogP contribution in [0.5, 0.6) is 11.5 Å². The van der Waals surface area contributed by atoms with Crippen molar-refractivity contribution in [3.8, 4) is 11.5 Å². The van der Waals surface area contributed by atoms with E-state index in [-0.39, 0.29) is 5.82 Å². The van der Waals surface area contributed by atoms with Crippen LogP contribution in [0.3, 0.4) is 0 Å². The summed E-state index contributed by atoms with van der Waals surface area (Å²) in [5.74, 6) is 0.797. The molecule has 1 atom stereocenters. The summed E-state index contributed by atoms with van der Waals surface area (Å²) in [6.07, 6.45) is 2.01. The largest absolute Gasteiger partial charge is 0.457 e. The van der Waals surface area contributed by atoms with Gasteiger partial charge in [0.05, 0.1) is 0 Å². The lowest BCUT2D eigenvalue weighted by Crippen LogP contribution is -2.09. The summed E-state index contributed by atoms with van der Waals surface area (Å²) in [5.41, 5.74) is 6.19. The van der Waals surface area contributed by atoms with Crippen LogP contribution in [0.4, 0.5) is 4.39 Å². The number of benzene rings is 2. The lowest BCUT2D eigenvalue weighted by molar-refractivity contribution is 0.460. The molecule has 100 valence electrons. The van der Waals surface area contributed by atoms with Gasteiger partial charge in [-0.2, -0.15) is 0 Å². The maximum absolute atomic E-state index is 13.8. The van der Waals surface area contributed by atoms with E-state index < -0.39 is 6.04 Å². The first kappa shape index (κ1) is 13.9. The fourth-order valence-corrected chi connectivity index (χ4v) is 2.23. The highest BCUT2D eigenvalue weighted by Crippen LogP contribution is 2.31. The molecule has 4 heteroatoms. The molecule has 0 amide bonds. The number of hydrogen-bond acceptors (Lipinski definition) is 3. The molecular weight excluding hydrogens is 261 g/mol. The Hall–Kier alpha value is -1.52. The van der Waals surface area contributed by atoms with Crippen LogP contribution in [-0.4, -0.2) is 6.26 Å². The summed E-state index contributed by atoms with van der Waals surface area (Å²) in [6, 6.07) is 12.0. The van der Waals surface area contributed by atoms with Crippen molar-refractivity contribution in [1.29, 1.82) is 0 Å². The van der Waals surface area contributed by atoms with Gasteiger partial charge in [-0.3, -0.25) is 0 Å². The lowest BCUT2D eigenvalue weighted by Gasteiger charge is -2.14. The Labute approximate surface area is 116 Å². The van der Waals surface area contributed by atoms with Crippen molar-refractivity contribution in [1.82, 2.24) is 0 Å². The van der Waals surface area contributed by atoms with Crippen molar-refractivity contribution in [3.05, 3.63) is 53.8 Å². The number of nitrogens with two attached hydrogens (primary N) is 1. The Balaban J connectivity index is 2.29. The molecule has 19 heavy (non-hydrogen) atoms. The Morgan fingerprint density at radius 1 is 1.16 bits per heavy atom. The minimum Gasteiger partial charge on any atom is -0.457 e. The van der Waals surface area contributed by atoms with Gasteiger partial charge in [-0.25, -0.2) is 4.39 Å². The second-order valence-corrected chi connectivity index (χ2v) is 5.10. The molecule has 0 bridgehead atoms. The van der Waals surface area contributed by atoms with Crippen LogP contribution in [0.1, 0.15) is 18.5 Å². The Morgan fingerprint density at radius 3 is 2.42 bits per heavy atom. The van der Waals surface area contributed by atoms with Crippen LogP contribution >= 0.6 is 11.8 Å². The highest BCUT2D eigenvalue weighted by Gasteiger charge is 2.14. The molecule has 0 fully saturated rings. The summed E-state index contributed by atoms with van der Waals surface area (Å²) < 4.78 is 19.5. The van der Waals surface area contributed by atoms with Crippen LogP contribution in [0.2, 0.25) is 0 Å². The van der Waals surface area contributed by atoms with Crippen molar-refractivity contribution in [2.75, 3.05) is 6.26 Å². The second kappa shape index (κ2) is 6.08. The van der Waals surface area contributed by atoms with Gasteiger partial charge in [-0.1, -0.05) is 6.07 Å². The number of hydrogen-bond donors (Lipinski definition) is 1. The van der Waals surface area contributed by atoms with Gasteiger partial charge < -0.3 is 10.5 Å². The maximum atomic E-state index is 13.8. The van der Waals surface area contributed by atoms with E-state index in [1.165, 1.54) is 6.07 Å². The molecule has 0 heterocycles. The first-order chi connectivity index (χ1) is 9.11. The average molecular weight is 277 g/mol. The first-order valence-electron chi connectivity index (χ1n) is 5.97. The highest BCUT2D eigenvalue weighted by molar-refractivity contribution is 7.98. The van der Waals surface area contributed by atoms with Crippen molar-refractivity contribution < 1.29 is 9.13 Å². The smallest absolute Gasteiger partial charge is 0.135 e. The van der Waals surface area contributed by atoms with Crippen LogP contribution in [0.15, 0.2) is 47.4 Å². The minimum absolute atomic E-state index is 0.340. The molecule has 2 rings (SSSR count). The lowest BCUT2D eigenvalue weighted by atomic mass is 10.1. The second-order valence-electron chi connectivity index (χ2n) is 4.22. The van der Waals surface area contributed by atoms with Crippen molar-refractivity contribution >= 4 is 11.8 Å². The first-order valence-corrected chi connectivity index (χ1v) is 7.20. The minimum atomic E-state index is -0.415. The van der Waals surface area contributed by atoms with Gasteiger partial charge in [0.1, 0.15) is 17.3 Å². The number of thioether (sulfide) groups is 1. The average Bonchev–Trinajstić information content (AvgIpc) is 2.39. The third-order valence-corrected chi connectivity index (χ3v) is 3.50. The van der Waals surface area contributed by atoms with Gasteiger partial charge >= 0.3 is 0 Å². The summed E-state index contributed by atoms with van der Waals surface area (Å²) in [6.45, 7) is 1.74. The summed E-state index contributed by atoms with van der Waals surface area (Å²) in [5, 5.41) is 0. The molecule has 0 aliphatic rings. The predicted molar refractivity (Wildman–Crippen MR) is 77.3 cm³/mol. The van der Waals surface area contributed by atoms with Gasteiger partial charge in [0, 0.05) is 16.5 Å². The zero-order valence-corrected chi connectivity index (χ0v) is 11.7. The van der Waals surface area contributed by atoms with Crippen LogP contribution < -0.4 is 10.5 Å². The number of rotatable bonds is 4. The molecule has 0 aliphatic carbocycles. The molecule has 0 spiro atoms. The Bertz CT molecular complexity index is 555. The highest BCUT2D eigenvalue weighted by atomic mass is 32.2. The van der Waals surface area contributed by atoms with E-state index in [0.717, 1.165) is 4.90 Å². The predicted octanol–water partition coefficient (Wildman–Crippen LogP) is 4.36. The van der Waals surface area contributed by atoms with E-state index in [1.807, 2.05) is 30.5 Å². The molecule has 0 aromatic heterocycles. The summed E-state index contributed by atoms with van der Waals surface area (Å²) in [7, 11) is 0. The molecular formula is C15H16FNOS. The zero-order valence-electron chi connectivity index (χ0n) is 10.9. The van der Waals surface area contributed by atoms with E-state index in [1.54, 1.807) is 30.8 Å². The van der Waals surface area contributed by atoms with Gasteiger partial charge in [0.15, 0.2) is 0 Å². The molecule has 2 aromatic rings. The van der Waals surface area contributed by atoms with E-state index in [9.17, 15) is 4.39 Å². The molecule has 0 radical (unpaired) electrons. The molecule has 2 nitrogen and oxygen atoms in total. The number of halogens is 1. The Morgan fingerprint density at radius 2 is 1.84 bits per heavy atom. The van der Waals surface area contributed by atoms with Gasteiger partial charge in [0.2, 0.25) is 0 Å². The molecule has 0 aliphatic heterocycles. The number of ether oxygens (including phenoxy) is 1. The summed E-state index contributed by atoms with van der Waals surface area (Å²) >= 11 is 1.66. The molecule has 0 unspecified atom stereocenters.